The predicted octanol–water partition coefficient (Wildman–Crippen LogP) is 1.82. The van der Waals surface area contributed by atoms with E-state index in [-0.39, 0.29) is 6.04 Å². The van der Waals surface area contributed by atoms with Crippen LogP contribution in [0.2, 0.25) is 0 Å². The average molecular weight is 294 g/mol. The van der Waals surface area contributed by atoms with Crippen LogP contribution in [0.15, 0.2) is 0 Å². The molecular weight excluding hydrogens is 272 g/mol. The zero-order chi connectivity index (χ0) is 13.9. The number of carbonyl (C=O) groups excluding carboxylic acids is 1. The molecule has 110 valence electrons. The number of amides is 1. The largest absolute Gasteiger partial charge is 0.341 e. The van der Waals surface area contributed by atoms with Gasteiger partial charge in [-0.25, -0.2) is 0 Å². The molecule has 0 saturated carbocycles. The molecule has 3 rings (SSSR count). The molecule has 1 aromatic rings. The first-order chi connectivity index (χ1) is 9.75. The Morgan fingerprint density at radius 1 is 1.25 bits per heavy atom. The van der Waals surface area contributed by atoms with E-state index in [2.05, 4.69) is 19.4 Å². The van der Waals surface area contributed by atoms with Crippen LogP contribution in [0.1, 0.15) is 42.7 Å². The molecule has 6 heteroatoms. The number of aryl methyl sites for hydroxylation is 1. The van der Waals surface area contributed by atoms with E-state index in [1.165, 1.54) is 22.8 Å². The number of rotatable bonds is 3. The molecule has 0 bridgehead atoms. The van der Waals surface area contributed by atoms with Gasteiger partial charge in [-0.05, 0) is 57.1 Å². The second-order valence-corrected chi connectivity index (χ2v) is 6.63. The van der Waals surface area contributed by atoms with Crippen LogP contribution in [0.25, 0.3) is 0 Å². The maximum atomic E-state index is 12.7. The molecule has 0 radical (unpaired) electrons. The summed E-state index contributed by atoms with van der Waals surface area (Å²) in [5.74, 6) is 0.345. The maximum absolute atomic E-state index is 12.7. The molecule has 20 heavy (non-hydrogen) atoms. The minimum Gasteiger partial charge on any atom is -0.341 e. The summed E-state index contributed by atoms with van der Waals surface area (Å²) in [5, 5.41) is 4.06. The molecule has 2 saturated heterocycles. The van der Waals surface area contributed by atoms with Gasteiger partial charge in [0.1, 0.15) is 0 Å². The number of nitrogens with zero attached hydrogens (tertiary/aromatic N) is 4. The van der Waals surface area contributed by atoms with Crippen molar-refractivity contribution in [1.29, 1.82) is 0 Å². The number of likely N-dealkylation sites (tertiary alicyclic amines) is 2. The first kappa shape index (κ1) is 13.9. The molecule has 0 aliphatic carbocycles. The summed E-state index contributed by atoms with van der Waals surface area (Å²) in [6, 6.07) is 0.0783. The van der Waals surface area contributed by atoms with Crippen LogP contribution in [0, 0.1) is 6.92 Å². The zero-order valence-corrected chi connectivity index (χ0v) is 12.9. The molecule has 0 spiro atoms. The smallest absolute Gasteiger partial charge is 0.239 e. The normalized spacial score (nSPS) is 24.2. The molecule has 2 fully saturated rings. The molecule has 0 N–H and O–H groups in total. The quantitative estimate of drug-likeness (QED) is 0.853. The van der Waals surface area contributed by atoms with Gasteiger partial charge in [0.05, 0.1) is 16.6 Å². The number of hydrogen-bond acceptors (Lipinski definition) is 5. The first-order valence-electron chi connectivity index (χ1n) is 7.56. The van der Waals surface area contributed by atoms with E-state index in [1.807, 2.05) is 6.92 Å². The van der Waals surface area contributed by atoms with Crippen molar-refractivity contribution < 1.29 is 4.79 Å². The number of hydrogen-bond donors (Lipinski definition) is 0. The van der Waals surface area contributed by atoms with E-state index in [0.717, 1.165) is 57.6 Å². The van der Waals surface area contributed by atoms with Gasteiger partial charge in [0.15, 0.2) is 0 Å². The minimum atomic E-state index is 0.0783. The zero-order valence-electron chi connectivity index (χ0n) is 12.0. The molecule has 5 nitrogen and oxygen atoms in total. The van der Waals surface area contributed by atoms with Gasteiger partial charge in [0.2, 0.25) is 5.91 Å². The highest BCUT2D eigenvalue weighted by molar-refractivity contribution is 7.05. The van der Waals surface area contributed by atoms with Crippen LogP contribution in [-0.2, 0) is 11.3 Å². The third-order valence-electron chi connectivity index (χ3n) is 4.41. The fraction of sp³-hybridized carbons (Fsp3) is 0.786. The van der Waals surface area contributed by atoms with Crippen molar-refractivity contribution in [3.8, 4) is 0 Å². The average Bonchev–Trinajstić information content (AvgIpc) is 3.09. The summed E-state index contributed by atoms with van der Waals surface area (Å²) in [6.45, 7) is 5.74. The molecule has 0 unspecified atom stereocenters. The van der Waals surface area contributed by atoms with Crippen molar-refractivity contribution in [1.82, 2.24) is 19.4 Å². The summed E-state index contributed by atoms with van der Waals surface area (Å²) in [4.78, 5) is 18.3. The van der Waals surface area contributed by atoms with Crippen molar-refractivity contribution in [3.05, 3.63) is 10.6 Å². The van der Waals surface area contributed by atoms with E-state index in [1.54, 1.807) is 0 Å². The second kappa shape index (κ2) is 6.18. The highest BCUT2D eigenvalue weighted by Crippen LogP contribution is 2.24. The Hall–Kier alpha value is -1.01. The molecule has 1 atom stereocenters. The lowest BCUT2D eigenvalue weighted by Crippen LogP contribution is -2.47. The van der Waals surface area contributed by atoms with Crippen LogP contribution in [0.3, 0.4) is 0 Å². The summed E-state index contributed by atoms with van der Waals surface area (Å²) in [7, 11) is 0. The van der Waals surface area contributed by atoms with Gasteiger partial charge in [0.25, 0.3) is 0 Å². The van der Waals surface area contributed by atoms with Gasteiger partial charge in [-0.15, -0.1) is 5.10 Å². The van der Waals surface area contributed by atoms with Gasteiger partial charge < -0.3 is 4.90 Å². The number of piperidine rings is 1. The fourth-order valence-electron chi connectivity index (χ4n) is 3.20. The number of aromatic nitrogens is 2. The maximum Gasteiger partial charge on any atom is 0.239 e. The van der Waals surface area contributed by atoms with Gasteiger partial charge in [-0.3, -0.25) is 9.69 Å². The van der Waals surface area contributed by atoms with Crippen molar-refractivity contribution in [3.63, 3.8) is 0 Å². The standard InChI is InChI=1S/C14H22N4OS/c1-11-13(20-16-15-11)10-18-9-5-6-12(18)14(19)17-7-3-2-4-8-17/h12H,2-10H2,1H3/t12-/m0/s1. The van der Waals surface area contributed by atoms with Gasteiger partial charge >= 0.3 is 0 Å². The monoisotopic (exact) mass is 294 g/mol. The fourth-order valence-corrected chi connectivity index (χ4v) is 3.86. The summed E-state index contributed by atoms with van der Waals surface area (Å²) in [6.07, 6.45) is 5.71. The van der Waals surface area contributed by atoms with Crippen LogP contribution in [-0.4, -0.2) is 51.0 Å². The van der Waals surface area contributed by atoms with E-state index < -0.39 is 0 Å². The first-order valence-corrected chi connectivity index (χ1v) is 8.34. The van der Waals surface area contributed by atoms with Crippen molar-refractivity contribution >= 4 is 17.4 Å². The van der Waals surface area contributed by atoms with E-state index in [4.69, 9.17) is 0 Å². The summed E-state index contributed by atoms with van der Waals surface area (Å²) >= 11 is 1.46. The molecule has 1 aromatic heterocycles. The Labute approximate surface area is 124 Å². The lowest BCUT2D eigenvalue weighted by Gasteiger charge is -2.32. The Bertz CT molecular complexity index is 469. The van der Waals surface area contributed by atoms with Crippen LogP contribution in [0.4, 0.5) is 0 Å². The Balaban J connectivity index is 1.65. The van der Waals surface area contributed by atoms with Crippen molar-refractivity contribution in [2.75, 3.05) is 19.6 Å². The van der Waals surface area contributed by atoms with E-state index in [9.17, 15) is 4.79 Å². The Kier molecular flexibility index (Phi) is 4.31. The molecule has 1 amide bonds. The van der Waals surface area contributed by atoms with Crippen LogP contribution >= 0.6 is 11.5 Å². The van der Waals surface area contributed by atoms with Crippen molar-refractivity contribution in [2.24, 2.45) is 0 Å². The molecule has 2 aliphatic rings. The Morgan fingerprint density at radius 2 is 2.05 bits per heavy atom. The van der Waals surface area contributed by atoms with Gasteiger partial charge in [-0.2, -0.15) is 0 Å². The van der Waals surface area contributed by atoms with Crippen LogP contribution in [0.5, 0.6) is 0 Å². The molecule has 0 aromatic carbocycles. The molecule has 3 heterocycles. The van der Waals surface area contributed by atoms with Crippen molar-refractivity contribution in [2.45, 2.75) is 51.6 Å². The predicted molar refractivity (Wildman–Crippen MR) is 78.5 cm³/mol. The lowest BCUT2D eigenvalue weighted by molar-refractivity contribution is -0.137. The number of carbonyl (C=O) groups is 1. The van der Waals surface area contributed by atoms with Gasteiger partial charge in [-0.1, -0.05) is 4.49 Å². The highest BCUT2D eigenvalue weighted by atomic mass is 32.1. The third kappa shape index (κ3) is 2.86. The topological polar surface area (TPSA) is 49.3 Å². The SMILES string of the molecule is Cc1nnsc1CN1CCC[C@H]1C(=O)N1CCCCC1. The van der Waals surface area contributed by atoms with Crippen LogP contribution < -0.4 is 0 Å². The Morgan fingerprint density at radius 3 is 2.75 bits per heavy atom. The minimum absolute atomic E-state index is 0.0783. The lowest BCUT2D eigenvalue weighted by atomic mass is 10.1. The third-order valence-corrected chi connectivity index (χ3v) is 5.22. The summed E-state index contributed by atoms with van der Waals surface area (Å²) in [5.41, 5.74) is 1.01. The molecule has 2 aliphatic heterocycles. The molecular formula is C14H22N4OS. The second-order valence-electron chi connectivity index (χ2n) is 5.80. The summed E-state index contributed by atoms with van der Waals surface area (Å²) < 4.78 is 3.99. The van der Waals surface area contributed by atoms with E-state index in [0.29, 0.717) is 5.91 Å². The van der Waals surface area contributed by atoms with Gasteiger partial charge in [0, 0.05) is 19.6 Å². The highest BCUT2D eigenvalue weighted by Gasteiger charge is 2.34. The van der Waals surface area contributed by atoms with E-state index >= 15 is 0 Å².